The van der Waals surface area contributed by atoms with Crippen LogP contribution in [0.15, 0.2) is 30.6 Å². The van der Waals surface area contributed by atoms with Crippen molar-refractivity contribution in [3.63, 3.8) is 0 Å². The van der Waals surface area contributed by atoms with Crippen molar-refractivity contribution >= 4 is 16.5 Å². The molecule has 146 valence electrons. The molecule has 3 atom stereocenters. The summed E-state index contributed by atoms with van der Waals surface area (Å²) in [5, 5.41) is 27.8. The van der Waals surface area contributed by atoms with Gasteiger partial charge in [0.15, 0.2) is 5.01 Å². The van der Waals surface area contributed by atoms with Gasteiger partial charge in [0.05, 0.1) is 11.8 Å². The Balaban J connectivity index is 1.38. The normalized spacial score (nSPS) is 24.6. The highest BCUT2D eigenvalue weighted by Crippen LogP contribution is 2.41. The first-order chi connectivity index (χ1) is 13.6. The molecule has 1 aliphatic carbocycles. The number of benzene rings is 1. The molecule has 8 heteroatoms. The van der Waals surface area contributed by atoms with Crippen LogP contribution in [-0.2, 0) is 0 Å². The molecule has 3 aromatic rings. The molecule has 2 unspecified atom stereocenters. The number of aromatic hydroxyl groups is 1. The average Bonchev–Trinajstić information content (AvgIpc) is 3.40. The SMILES string of the molecule is CN1CC2CCC1C[C@@H]2N(C)c1nnc(-c2ccc(-c3cn[nH]c3)cc2O)s1. The molecule has 1 saturated carbocycles. The summed E-state index contributed by atoms with van der Waals surface area (Å²) in [7, 11) is 4.38. The molecule has 28 heavy (non-hydrogen) atoms. The van der Waals surface area contributed by atoms with Gasteiger partial charge in [0.2, 0.25) is 5.13 Å². The third-order valence-corrected chi connectivity index (χ3v) is 7.39. The topological polar surface area (TPSA) is 81.2 Å². The van der Waals surface area contributed by atoms with E-state index in [1.807, 2.05) is 18.3 Å². The second kappa shape index (κ2) is 6.86. The second-order valence-corrected chi connectivity index (χ2v) is 8.91. The molecule has 2 N–H and O–H groups in total. The van der Waals surface area contributed by atoms with Crippen LogP contribution in [-0.4, -0.2) is 63.1 Å². The number of rotatable bonds is 4. The third-order valence-electron chi connectivity index (χ3n) is 6.35. The van der Waals surface area contributed by atoms with Crippen molar-refractivity contribution < 1.29 is 5.11 Å². The number of H-pyrrole nitrogens is 1. The molecule has 4 heterocycles. The molecule has 0 amide bonds. The Morgan fingerprint density at radius 1 is 1.25 bits per heavy atom. The fourth-order valence-electron chi connectivity index (χ4n) is 4.70. The van der Waals surface area contributed by atoms with Gasteiger partial charge in [0, 0.05) is 37.4 Å². The number of nitrogens with zero attached hydrogens (tertiary/aromatic N) is 5. The Kier molecular flexibility index (Phi) is 4.32. The highest BCUT2D eigenvalue weighted by molar-refractivity contribution is 7.18. The predicted molar refractivity (Wildman–Crippen MR) is 111 cm³/mol. The standard InChI is InChI=1S/C20H24N6OS/c1-25-11-13-3-5-15(25)8-17(13)26(2)20-24-23-19(28-20)16-6-4-12(7-18(16)27)14-9-21-22-10-14/h4,6-7,9-10,13,15,17,27H,3,5,8,11H2,1-2H3,(H,21,22)/t13?,15?,17-/m0/s1. The maximum atomic E-state index is 10.5. The van der Waals surface area contributed by atoms with Gasteiger partial charge in [-0.05, 0) is 49.9 Å². The van der Waals surface area contributed by atoms with Gasteiger partial charge in [-0.15, -0.1) is 10.2 Å². The zero-order chi connectivity index (χ0) is 19.3. The van der Waals surface area contributed by atoms with Crippen molar-refractivity contribution in [3.05, 3.63) is 30.6 Å². The summed E-state index contributed by atoms with van der Waals surface area (Å²) >= 11 is 1.54. The Morgan fingerprint density at radius 3 is 2.82 bits per heavy atom. The molecule has 6 rings (SSSR count). The van der Waals surface area contributed by atoms with Crippen LogP contribution < -0.4 is 4.90 Å². The second-order valence-electron chi connectivity index (χ2n) is 7.95. The van der Waals surface area contributed by atoms with E-state index in [4.69, 9.17) is 0 Å². The van der Waals surface area contributed by atoms with Gasteiger partial charge in [-0.3, -0.25) is 5.10 Å². The van der Waals surface area contributed by atoms with Crippen molar-refractivity contribution in [1.29, 1.82) is 0 Å². The number of anilines is 1. The largest absolute Gasteiger partial charge is 0.507 e. The van der Waals surface area contributed by atoms with Crippen LogP contribution in [0.3, 0.4) is 0 Å². The molecule has 2 saturated heterocycles. The van der Waals surface area contributed by atoms with Crippen molar-refractivity contribution in [2.45, 2.75) is 31.3 Å². The lowest BCUT2D eigenvalue weighted by Gasteiger charge is -2.50. The lowest BCUT2D eigenvalue weighted by molar-refractivity contribution is 0.0539. The zero-order valence-corrected chi connectivity index (χ0v) is 16.9. The number of phenolic OH excluding ortho intramolecular Hbond substituents is 1. The fraction of sp³-hybridized carbons (Fsp3) is 0.450. The molecule has 3 fully saturated rings. The van der Waals surface area contributed by atoms with E-state index >= 15 is 0 Å². The quantitative estimate of drug-likeness (QED) is 0.705. The first-order valence-electron chi connectivity index (χ1n) is 9.69. The van der Waals surface area contributed by atoms with Gasteiger partial charge in [0.25, 0.3) is 0 Å². The molecule has 2 aliphatic heterocycles. The number of aromatic nitrogens is 4. The summed E-state index contributed by atoms with van der Waals surface area (Å²) in [6, 6.07) is 6.83. The summed E-state index contributed by atoms with van der Waals surface area (Å²) < 4.78 is 0. The smallest absolute Gasteiger partial charge is 0.208 e. The summed E-state index contributed by atoms with van der Waals surface area (Å²) in [5.74, 6) is 0.900. The summed E-state index contributed by atoms with van der Waals surface area (Å²) in [4.78, 5) is 4.81. The summed E-state index contributed by atoms with van der Waals surface area (Å²) in [6.45, 7) is 1.17. The molecular weight excluding hydrogens is 372 g/mol. The van der Waals surface area contributed by atoms with E-state index in [0.717, 1.165) is 21.3 Å². The number of phenols is 1. The summed E-state index contributed by atoms with van der Waals surface area (Å²) in [5.41, 5.74) is 2.57. The van der Waals surface area contributed by atoms with E-state index in [0.29, 0.717) is 23.6 Å². The predicted octanol–water partition coefficient (Wildman–Crippen LogP) is 3.22. The van der Waals surface area contributed by atoms with E-state index in [9.17, 15) is 5.11 Å². The van der Waals surface area contributed by atoms with Gasteiger partial charge in [-0.2, -0.15) is 5.10 Å². The molecular formula is C20H24N6OS. The Morgan fingerprint density at radius 2 is 2.14 bits per heavy atom. The van der Waals surface area contributed by atoms with Crippen LogP contribution in [0.4, 0.5) is 5.13 Å². The Labute approximate surface area is 168 Å². The van der Waals surface area contributed by atoms with Crippen LogP contribution in [0.2, 0.25) is 0 Å². The zero-order valence-electron chi connectivity index (χ0n) is 16.0. The monoisotopic (exact) mass is 396 g/mol. The molecule has 2 aromatic heterocycles. The molecule has 3 aliphatic rings. The van der Waals surface area contributed by atoms with E-state index in [1.54, 1.807) is 23.6 Å². The van der Waals surface area contributed by atoms with Crippen molar-refractivity contribution in [1.82, 2.24) is 25.3 Å². The van der Waals surface area contributed by atoms with E-state index in [1.165, 1.54) is 25.8 Å². The minimum Gasteiger partial charge on any atom is -0.507 e. The Bertz CT molecular complexity index is 971. The number of piperidine rings is 2. The number of nitrogens with one attached hydrogen (secondary N) is 1. The first kappa shape index (κ1) is 17.6. The fourth-order valence-corrected chi connectivity index (χ4v) is 5.60. The highest BCUT2D eigenvalue weighted by Gasteiger charge is 2.41. The van der Waals surface area contributed by atoms with Gasteiger partial charge in [0.1, 0.15) is 5.75 Å². The lowest BCUT2D eigenvalue weighted by atomic mass is 9.76. The molecule has 0 spiro atoms. The number of fused-ring (bicyclic) bond motifs is 3. The maximum absolute atomic E-state index is 10.5. The number of aromatic amines is 1. The van der Waals surface area contributed by atoms with Gasteiger partial charge >= 0.3 is 0 Å². The van der Waals surface area contributed by atoms with Crippen LogP contribution in [0.25, 0.3) is 21.7 Å². The van der Waals surface area contributed by atoms with Gasteiger partial charge in [-0.25, -0.2) is 0 Å². The van der Waals surface area contributed by atoms with Crippen LogP contribution in [0.1, 0.15) is 19.3 Å². The first-order valence-corrected chi connectivity index (χ1v) is 10.5. The van der Waals surface area contributed by atoms with Crippen molar-refractivity contribution in [3.8, 4) is 27.4 Å². The minimum atomic E-state index is 0.211. The number of hydrogen-bond acceptors (Lipinski definition) is 7. The van der Waals surface area contributed by atoms with Gasteiger partial charge < -0.3 is 14.9 Å². The van der Waals surface area contributed by atoms with Crippen LogP contribution in [0, 0.1) is 5.92 Å². The van der Waals surface area contributed by atoms with E-state index in [2.05, 4.69) is 44.3 Å². The number of hydrogen-bond donors (Lipinski definition) is 2. The van der Waals surface area contributed by atoms with Crippen molar-refractivity contribution in [2.24, 2.45) is 5.92 Å². The van der Waals surface area contributed by atoms with Crippen molar-refractivity contribution in [2.75, 3.05) is 25.5 Å². The third kappa shape index (κ3) is 2.97. The molecule has 1 aromatic carbocycles. The average molecular weight is 397 g/mol. The Hall–Kier alpha value is -2.45. The van der Waals surface area contributed by atoms with Gasteiger partial charge in [-0.1, -0.05) is 17.4 Å². The molecule has 2 bridgehead atoms. The van der Waals surface area contributed by atoms with E-state index in [-0.39, 0.29) is 5.75 Å². The maximum Gasteiger partial charge on any atom is 0.208 e. The minimum absolute atomic E-state index is 0.211. The van der Waals surface area contributed by atoms with Crippen LogP contribution in [0.5, 0.6) is 5.75 Å². The molecule has 7 nitrogen and oxygen atoms in total. The van der Waals surface area contributed by atoms with E-state index < -0.39 is 0 Å². The van der Waals surface area contributed by atoms with Crippen LogP contribution >= 0.6 is 11.3 Å². The lowest BCUT2D eigenvalue weighted by Crippen LogP contribution is -2.57. The summed E-state index contributed by atoms with van der Waals surface area (Å²) in [6.07, 6.45) is 7.34. The molecule has 0 radical (unpaired) electrons. The highest BCUT2D eigenvalue weighted by atomic mass is 32.1.